The molecule has 1 unspecified atom stereocenters. The largest absolute Gasteiger partial charge is 0.465 e. The zero-order valence-electron chi connectivity index (χ0n) is 10.2. The van der Waals surface area contributed by atoms with Crippen LogP contribution in [0.5, 0.6) is 0 Å². The molecule has 0 bridgehead atoms. The van der Waals surface area contributed by atoms with E-state index in [1.54, 1.807) is 0 Å². The molecule has 1 heterocycles. The molecule has 0 saturated carbocycles. The zero-order chi connectivity index (χ0) is 13.3. The third-order valence-corrected chi connectivity index (χ3v) is 3.09. The maximum absolute atomic E-state index is 13.7. The number of benzene rings is 1. The first-order valence-electron chi connectivity index (χ1n) is 5.76. The van der Waals surface area contributed by atoms with Crippen LogP contribution in [0.4, 0.5) is 10.1 Å². The number of ether oxygens (including phenoxy) is 1. The summed E-state index contributed by atoms with van der Waals surface area (Å²) in [6.07, 6.45) is 0.865. The number of rotatable bonds is 2. The van der Waals surface area contributed by atoms with Gasteiger partial charge in [-0.2, -0.15) is 0 Å². The molecule has 2 rings (SSSR count). The van der Waals surface area contributed by atoms with Crippen molar-refractivity contribution in [2.24, 2.45) is 0 Å². The lowest BCUT2D eigenvalue weighted by atomic mass is 9.94. The van der Waals surface area contributed by atoms with Gasteiger partial charge in [-0.3, -0.25) is 4.79 Å². The molecular weight excluding hydrogens is 237 g/mol. The minimum Gasteiger partial charge on any atom is -0.465 e. The van der Waals surface area contributed by atoms with Crippen LogP contribution in [0, 0.1) is 5.82 Å². The van der Waals surface area contributed by atoms with E-state index in [-0.39, 0.29) is 23.8 Å². The lowest BCUT2D eigenvalue weighted by Crippen LogP contribution is -2.35. The van der Waals surface area contributed by atoms with Gasteiger partial charge in [0.15, 0.2) is 5.78 Å². The first-order valence-corrected chi connectivity index (χ1v) is 5.76. The Morgan fingerprint density at radius 1 is 1.56 bits per heavy atom. The van der Waals surface area contributed by atoms with Crippen LogP contribution in [-0.4, -0.2) is 24.9 Å². The Morgan fingerprint density at radius 2 is 2.28 bits per heavy atom. The summed E-state index contributed by atoms with van der Waals surface area (Å²) in [4.78, 5) is 23.1. The normalized spacial score (nSPS) is 17.9. The van der Waals surface area contributed by atoms with Crippen LogP contribution in [0.25, 0.3) is 0 Å². The molecule has 0 spiro atoms. The maximum Gasteiger partial charge on any atom is 0.340 e. The number of hydrogen-bond acceptors (Lipinski definition) is 4. The molecule has 1 atom stereocenters. The summed E-state index contributed by atoms with van der Waals surface area (Å²) in [6.45, 7) is 1.89. The molecule has 1 N–H and O–H groups in total. The molecule has 4 nitrogen and oxygen atoms in total. The highest BCUT2D eigenvalue weighted by atomic mass is 19.1. The van der Waals surface area contributed by atoms with Gasteiger partial charge in [-0.15, -0.1) is 0 Å². The number of halogens is 1. The predicted octanol–water partition coefficient (Wildman–Crippen LogP) is 1.93. The Balaban J connectivity index is 2.42. The average molecular weight is 251 g/mol. The fourth-order valence-corrected chi connectivity index (χ4v) is 2.07. The van der Waals surface area contributed by atoms with Gasteiger partial charge >= 0.3 is 5.97 Å². The average Bonchev–Trinajstić information content (AvgIpc) is 2.37. The summed E-state index contributed by atoms with van der Waals surface area (Å²) in [6, 6.07) is 2.35. The third-order valence-electron chi connectivity index (χ3n) is 3.09. The van der Waals surface area contributed by atoms with Crippen molar-refractivity contribution in [1.82, 2.24) is 0 Å². The standard InChI is InChI=1S/C13H14FNO3/c1-3-10-12(16)5-7-4-8(13(17)18-2)9(14)6-11(7)15-10/h4,6,10,15H,3,5H2,1-2H3. The quantitative estimate of drug-likeness (QED) is 0.816. The molecule has 1 aliphatic rings. The Hall–Kier alpha value is -1.91. The van der Waals surface area contributed by atoms with E-state index < -0.39 is 11.8 Å². The van der Waals surface area contributed by atoms with Gasteiger partial charge in [0.1, 0.15) is 5.82 Å². The topological polar surface area (TPSA) is 55.4 Å². The number of fused-ring (bicyclic) bond motifs is 1. The van der Waals surface area contributed by atoms with Crippen molar-refractivity contribution in [3.05, 3.63) is 29.1 Å². The molecule has 0 aliphatic carbocycles. The van der Waals surface area contributed by atoms with Crippen molar-refractivity contribution in [2.45, 2.75) is 25.8 Å². The smallest absolute Gasteiger partial charge is 0.340 e. The number of anilines is 1. The van der Waals surface area contributed by atoms with Crippen molar-refractivity contribution in [2.75, 3.05) is 12.4 Å². The van der Waals surface area contributed by atoms with Crippen molar-refractivity contribution in [3.8, 4) is 0 Å². The minimum atomic E-state index is -0.736. The Bertz CT molecular complexity index is 513. The predicted molar refractivity (Wildman–Crippen MR) is 64.2 cm³/mol. The van der Waals surface area contributed by atoms with E-state index in [4.69, 9.17) is 0 Å². The van der Waals surface area contributed by atoms with Gasteiger partial charge in [-0.25, -0.2) is 9.18 Å². The van der Waals surface area contributed by atoms with Crippen LogP contribution in [0.3, 0.4) is 0 Å². The lowest BCUT2D eigenvalue weighted by Gasteiger charge is -2.25. The molecule has 0 radical (unpaired) electrons. The summed E-state index contributed by atoms with van der Waals surface area (Å²) in [7, 11) is 1.19. The number of nitrogens with one attached hydrogen (secondary N) is 1. The Labute approximate surface area is 104 Å². The number of carbonyl (C=O) groups is 2. The highest BCUT2D eigenvalue weighted by molar-refractivity contribution is 5.95. The van der Waals surface area contributed by atoms with Crippen LogP contribution in [0.15, 0.2) is 12.1 Å². The molecule has 0 saturated heterocycles. The summed E-state index contributed by atoms with van der Waals surface area (Å²) in [5.41, 5.74) is 1.07. The fraction of sp³-hybridized carbons (Fsp3) is 0.385. The Kier molecular flexibility index (Phi) is 3.32. The van der Waals surface area contributed by atoms with Crippen molar-refractivity contribution in [3.63, 3.8) is 0 Å². The SMILES string of the molecule is CCC1Nc2cc(F)c(C(=O)OC)cc2CC1=O. The third kappa shape index (κ3) is 2.08. The monoisotopic (exact) mass is 251 g/mol. The van der Waals surface area contributed by atoms with E-state index in [0.717, 1.165) is 0 Å². The van der Waals surface area contributed by atoms with Crippen molar-refractivity contribution < 1.29 is 18.7 Å². The number of hydrogen-bond donors (Lipinski definition) is 1. The number of carbonyl (C=O) groups excluding carboxylic acids is 2. The highest BCUT2D eigenvalue weighted by Gasteiger charge is 2.26. The van der Waals surface area contributed by atoms with Gasteiger partial charge in [0, 0.05) is 12.1 Å². The van der Waals surface area contributed by atoms with Crippen LogP contribution >= 0.6 is 0 Å². The second kappa shape index (κ2) is 4.76. The van der Waals surface area contributed by atoms with Gasteiger partial charge in [-0.1, -0.05) is 6.92 Å². The number of ketones is 1. The second-order valence-electron chi connectivity index (χ2n) is 4.23. The zero-order valence-corrected chi connectivity index (χ0v) is 10.2. The second-order valence-corrected chi connectivity index (χ2v) is 4.23. The van der Waals surface area contributed by atoms with E-state index in [9.17, 15) is 14.0 Å². The molecule has 0 amide bonds. The van der Waals surface area contributed by atoms with Gasteiger partial charge < -0.3 is 10.1 Å². The van der Waals surface area contributed by atoms with E-state index in [1.807, 2.05) is 6.92 Å². The van der Waals surface area contributed by atoms with E-state index in [1.165, 1.54) is 19.2 Å². The minimum absolute atomic E-state index is 0.0485. The molecule has 96 valence electrons. The van der Waals surface area contributed by atoms with E-state index in [2.05, 4.69) is 10.1 Å². The lowest BCUT2D eigenvalue weighted by molar-refractivity contribution is -0.119. The first-order chi connectivity index (χ1) is 8.56. The molecular formula is C13H14FNO3. The molecule has 1 aromatic rings. The van der Waals surface area contributed by atoms with Gasteiger partial charge in [-0.05, 0) is 24.1 Å². The summed E-state index contributed by atoms with van der Waals surface area (Å²) < 4.78 is 18.2. The molecule has 1 aliphatic heterocycles. The maximum atomic E-state index is 13.7. The van der Waals surface area contributed by atoms with Crippen molar-refractivity contribution in [1.29, 1.82) is 0 Å². The van der Waals surface area contributed by atoms with Crippen LogP contribution in [-0.2, 0) is 16.0 Å². The summed E-state index contributed by atoms with van der Waals surface area (Å²) in [5.74, 6) is -1.33. The van der Waals surface area contributed by atoms with E-state index >= 15 is 0 Å². The van der Waals surface area contributed by atoms with Gasteiger partial charge in [0.05, 0.1) is 18.7 Å². The van der Waals surface area contributed by atoms with Crippen LogP contribution < -0.4 is 5.32 Å². The van der Waals surface area contributed by atoms with Crippen molar-refractivity contribution >= 4 is 17.4 Å². The Morgan fingerprint density at radius 3 is 2.89 bits per heavy atom. The summed E-state index contributed by atoms with van der Waals surface area (Å²) in [5, 5.41) is 2.98. The molecule has 0 fully saturated rings. The van der Waals surface area contributed by atoms with Crippen LogP contribution in [0.1, 0.15) is 29.3 Å². The first kappa shape index (κ1) is 12.5. The fourth-order valence-electron chi connectivity index (χ4n) is 2.07. The van der Waals surface area contributed by atoms with E-state index in [0.29, 0.717) is 17.7 Å². The van der Waals surface area contributed by atoms with Gasteiger partial charge in [0.2, 0.25) is 0 Å². The molecule has 0 aromatic heterocycles. The highest BCUT2D eigenvalue weighted by Crippen LogP contribution is 2.27. The molecule has 1 aromatic carbocycles. The molecule has 5 heteroatoms. The number of methoxy groups -OCH3 is 1. The summed E-state index contributed by atoms with van der Waals surface area (Å²) >= 11 is 0. The number of Topliss-reactive ketones (excluding diaryl/α,β-unsaturated/α-hetero) is 1. The van der Waals surface area contributed by atoms with Gasteiger partial charge in [0.25, 0.3) is 0 Å². The van der Waals surface area contributed by atoms with Crippen LogP contribution in [0.2, 0.25) is 0 Å². The molecule has 18 heavy (non-hydrogen) atoms. The number of esters is 1.